The Bertz CT molecular complexity index is 702. The minimum atomic E-state index is -4.94. The van der Waals surface area contributed by atoms with Crippen LogP contribution in [0.3, 0.4) is 0 Å². The van der Waals surface area contributed by atoms with Gasteiger partial charge in [-0.15, -0.1) is 10.2 Å². The Morgan fingerprint density at radius 3 is 1.96 bits per heavy atom. The second-order valence-electron chi connectivity index (χ2n) is 5.32. The largest absolute Gasteiger partial charge is 0.378 e. The van der Waals surface area contributed by atoms with E-state index in [1.165, 1.54) is 16.9 Å². The number of hydrogen-bond donors (Lipinski definition) is 0. The van der Waals surface area contributed by atoms with Gasteiger partial charge in [0.1, 0.15) is 7.05 Å². The number of allylic oxidation sites excluding steroid dienone is 2. The molecule has 0 saturated carbocycles. The summed E-state index contributed by atoms with van der Waals surface area (Å²) < 4.78 is 36.1. The van der Waals surface area contributed by atoms with E-state index in [1.54, 1.807) is 0 Å². The van der Waals surface area contributed by atoms with Crippen molar-refractivity contribution >= 4 is 17.8 Å². The van der Waals surface area contributed by atoms with Crippen LogP contribution in [0, 0.1) is 10.2 Å². The van der Waals surface area contributed by atoms with E-state index in [1.807, 2.05) is 39.5 Å². The van der Waals surface area contributed by atoms with Gasteiger partial charge in [-0.1, -0.05) is 30.4 Å². The highest BCUT2D eigenvalue weighted by Gasteiger charge is 1.97. The maximum Gasteiger partial charge on any atom is 0.204 e. The molecule has 2 aromatic rings. The van der Waals surface area contributed by atoms with Crippen LogP contribution in [0.25, 0.3) is 12.2 Å². The Balaban J connectivity index is 0.000000550. The quantitative estimate of drug-likeness (QED) is 0.488. The van der Waals surface area contributed by atoms with E-state index in [2.05, 4.69) is 64.1 Å². The molecule has 134 valence electrons. The highest BCUT2D eigenvalue weighted by molar-refractivity contribution is 5.58. The third-order valence-electron chi connectivity index (χ3n) is 3.17. The molecule has 0 amide bonds. The zero-order valence-electron chi connectivity index (χ0n) is 14.3. The molecule has 0 aliphatic heterocycles. The van der Waals surface area contributed by atoms with Gasteiger partial charge in [-0.2, -0.15) is 0 Å². The van der Waals surface area contributed by atoms with Gasteiger partial charge in [-0.3, -0.25) is 0 Å². The number of rotatable bonds is 4. The van der Waals surface area contributed by atoms with E-state index >= 15 is 0 Å². The topological polar surface area (TPSA) is 99.4 Å². The van der Waals surface area contributed by atoms with Gasteiger partial charge in [-0.05, 0) is 23.8 Å². The van der Waals surface area contributed by atoms with Gasteiger partial charge >= 0.3 is 0 Å². The lowest BCUT2D eigenvalue weighted by atomic mass is 10.2. The normalized spacial score (nSPS) is 11.5. The van der Waals surface area contributed by atoms with Crippen LogP contribution >= 0.6 is 0 Å². The smallest absolute Gasteiger partial charge is 0.204 e. The van der Waals surface area contributed by atoms with E-state index in [9.17, 15) is 0 Å². The highest BCUT2D eigenvalue weighted by Crippen LogP contribution is 2.13. The lowest BCUT2D eigenvalue weighted by Gasteiger charge is -2.17. The molecule has 0 saturated heterocycles. The second-order valence-corrected chi connectivity index (χ2v) is 6.07. The monoisotopic (exact) mass is 364 g/mol. The third-order valence-corrected chi connectivity index (χ3v) is 3.17. The van der Waals surface area contributed by atoms with Crippen molar-refractivity contribution in [3.63, 3.8) is 0 Å². The van der Waals surface area contributed by atoms with E-state index in [4.69, 9.17) is 18.6 Å². The summed E-state index contributed by atoms with van der Waals surface area (Å²) in [6, 6.07) is 14.7. The third kappa shape index (κ3) is 9.61. The van der Waals surface area contributed by atoms with Gasteiger partial charge in [0.25, 0.3) is 0 Å². The van der Waals surface area contributed by atoms with Crippen LogP contribution in [0.2, 0.25) is 0 Å². The molecule has 7 heteroatoms. The summed E-state index contributed by atoms with van der Waals surface area (Å²) in [4.78, 5) is 2.10. The van der Waals surface area contributed by atoms with Crippen molar-refractivity contribution in [3.05, 3.63) is 72.1 Å². The van der Waals surface area contributed by atoms with E-state index in [0.29, 0.717) is 0 Å². The van der Waals surface area contributed by atoms with Gasteiger partial charge in [0, 0.05) is 38.0 Å². The summed E-state index contributed by atoms with van der Waals surface area (Å²) in [7, 11) is 1.20. The lowest BCUT2D eigenvalue weighted by Crippen LogP contribution is -2.68. The van der Waals surface area contributed by atoms with Crippen LogP contribution < -0.4 is 28.1 Å². The molecular weight excluding hydrogens is 344 g/mol. The van der Waals surface area contributed by atoms with Crippen molar-refractivity contribution in [1.82, 2.24) is 0 Å². The molecule has 1 heterocycles. The first-order valence-corrected chi connectivity index (χ1v) is 8.59. The van der Waals surface area contributed by atoms with Crippen molar-refractivity contribution in [1.29, 1.82) is 0 Å². The van der Waals surface area contributed by atoms with Crippen molar-refractivity contribution in [2.24, 2.45) is 7.05 Å². The van der Waals surface area contributed by atoms with Gasteiger partial charge < -0.3 is 4.90 Å². The summed E-state index contributed by atoms with van der Waals surface area (Å²) in [5.74, 6) is 0. The minimum Gasteiger partial charge on any atom is -0.378 e. The maximum absolute atomic E-state index is 8.49. The summed E-state index contributed by atoms with van der Waals surface area (Å²) in [5.41, 5.74) is 3.60. The molecule has 0 spiro atoms. The van der Waals surface area contributed by atoms with Crippen LogP contribution in [0.1, 0.15) is 11.3 Å². The number of hydrogen-bond acceptors (Lipinski definition) is 5. The standard InChI is InChI=1S/C18H21N2.ClHO4/c1-19(2)17-13-11-16(12-14-17)8-4-5-9-18-10-6-7-15-20(18)3;2-1(3,4)5/h4-15H,1-3H3;(H,2,3,4,5)/q+1;/p-1. The number of aryl methyl sites for hydroxylation is 1. The molecule has 1 aromatic carbocycles. The molecular formula is C18H21ClN2O4. The van der Waals surface area contributed by atoms with Crippen LogP contribution in [0.5, 0.6) is 0 Å². The molecule has 0 radical (unpaired) electrons. The van der Waals surface area contributed by atoms with E-state index in [0.717, 1.165) is 0 Å². The predicted octanol–water partition coefficient (Wildman–Crippen LogP) is -1.45. The summed E-state index contributed by atoms with van der Waals surface area (Å²) >= 11 is 0. The molecule has 0 fully saturated rings. The molecule has 0 N–H and O–H groups in total. The number of aromatic nitrogens is 1. The first-order chi connectivity index (χ1) is 11.7. The van der Waals surface area contributed by atoms with Crippen molar-refractivity contribution in [2.45, 2.75) is 0 Å². The molecule has 1 aromatic heterocycles. The Hall–Kier alpha value is -2.22. The van der Waals surface area contributed by atoms with Crippen molar-refractivity contribution < 1.29 is 33.4 Å². The van der Waals surface area contributed by atoms with E-state index in [-0.39, 0.29) is 0 Å². The Morgan fingerprint density at radius 1 is 0.880 bits per heavy atom. The van der Waals surface area contributed by atoms with Gasteiger partial charge in [0.15, 0.2) is 6.20 Å². The fraction of sp³-hybridized carbons (Fsp3) is 0.167. The number of pyridine rings is 1. The van der Waals surface area contributed by atoms with Crippen LogP contribution in [-0.4, -0.2) is 14.1 Å². The van der Waals surface area contributed by atoms with Crippen molar-refractivity contribution in [3.8, 4) is 0 Å². The number of nitrogens with zero attached hydrogens (tertiary/aromatic N) is 2. The first-order valence-electron chi connectivity index (χ1n) is 7.35. The molecule has 0 aliphatic carbocycles. The number of anilines is 1. The van der Waals surface area contributed by atoms with E-state index < -0.39 is 10.2 Å². The molecule has 6 nitrogen and oxygen atoms in total. The van der Waals surface area contributed by atoms with Crippen LogP contribution in [0.4, 0.5) is 5.69 Å². The fourth-order valence-corrected chi connectivity index (χ4v) is 1.91. The lowest BCUT2D eigenvalue weighted by molar-refractivity contribution is -2.00. The first kappa shape index (κ1) is 20.8. The Kier molecular flexibility index (Phi) is 8.27. The molecule has 0 aliphatic rings. The Morgan fingerprint density at radius 2 is 1.44 bits per heavy atom. The van der Waals surface area contributed by atoms with Crippen molar-refractivity contribution in [2.75, 3.05) is 19.0 Å². The minimum absolute atomic E-state index is 1.18. The average Bonchev–Trinajstić information content (AvgIpc) is 2.52. The highest BCUT2D eigenvalue weighted by atomic mass is 35.7. The number of benzene rings is 1. The molecule has 0 atom stereocenters. The zero-order chi connectivity index (χ0) is 18.9. The number of halogens is 1. The van der Waals surface area contributed by atoms with Crippen LogP contribution in [0.15, 0.2) is 60.8 Å². The SMILES string of the molecule is CN(C)c1ccc(/C=C/C=C/c2cccc[n+]2C)cc1.[O-][Cl+3]([O-])([O-])[O-]. The molecule has 0 unspecified atom stereocenters. The summed E-state index contributed by atoms with van der Waals surface area (Å²) in [5, 5.41) is 0. The summed E-state index contributed by atoms with van der Waals surface area (Å²) in [6.07, 6.45) is 10.4. The van der Waals surface area contributed by atoms with Gasteiger partial charge in [0.05, 0.1) is 0 Å². The Labute approximate surface area is 149 Å². The second kappa shape index (κ2) is 9.93. The maximum atomic E-state index is 8.49. The fourth-order valence-electron chi connectivity index (χ4n) is 1.91. The van der Waals surface area contributed by atoms with Crippen LogP contribution in [-0.2, 0) is 7.05 Å². The molecule has 2 rings (SSSR count). The predicted molar refractivity (Wildman–Crippen MR) is 86.5 cm³/mol. The van der Waals surface area contributed by atoms with Gasteiger partial charge in [-0.25, -0.2) is 23.2 Å². The molecule has 25 heavy (non-hydrogen) atoms. The zero-order valence-corrected chi connectivity index (χ0v) is 15.1. The summed E-state index contributed by atoms with van der Waals surface area (Å²) in [6.45, 7) is 0. The molecule has 0 bridgehead atoms. The average molecular weight is 365 g/mol. The van der Waals surface area contributed by atoms with Gasteiger partial charge in [0.2, 0.25) is 5.69 Å².